The van der Waals surface area contributed by atoms with E-state index in [9.17, 15) is 4.39 Å². The lowest BCUT2D eigenvalue weighted by atomic mass is 9.94. The van der Waals surface area contributed by atoms with Gasteiger partial charge in [0.2, 0.25) is 0 Å². The molecule has 3 nitrogen and oxygen atoms in total. The fourth-order valence-electron chi connectivity index (χ4n) is 3.58. The third-order valence-electron chi connectivity index (χ3n) is 4.84. The first-order valence-corrected chi connectivity index (χ1v) is 8.03. The predicted octanol–water partition coefficient (Wildman–Crippen LogP) is 2.38. The zero-order valence-electron chi connectivity index (χ0n) is 12.7. The smallest absolute Gasteiger partial charge is 0.126 e. The topological polar surface area (TPSA) is 33.3 Å². The van der Waals surface area contributed by atoms with Crippen LogP contribution in [0.4, 0.5) is 4.39 Å². The van der Waals surface area contributed by atoms with Crippen LogP contribution in [-0.2, 0) is 11.3 Å². The number of benzene rings is 1. The summed E-state index contributed by atoms with van der Waals surface area (Å²) in [5.74, 6) is 0.514. The summed E-state index contributed by atoms with van der Waals surface area (Å²) in [7, 11) is 0. The van der Waals surface area contributed by atoms with Crippen molar-refractivity contribution in [3.63, 3.8) is 0 Å². The summed E-state index contributed by atoms with van der Waals surface area (Å²) in [5.41, 5.74) is 1.73. The Morgan fingerprint density at radius 1 is 1.38 bits per heavy atom. The maximum Gasteiger partial charge on any atom is 0.126 e. The fraction of sp³-hybridized carbons (Fsp3) is 0.647. The van der Waals surface area contributed by atoms with Crippen molar-refractivity contribution < 1.29 is 9.13 Å². The maximum absolute atomic E-state index is 13.6. The molecule has 2 aliphatic rings. The molecule has 0 bridgehead atoms. The van der Waals surface area contributed by atoms with Crippen LogP contribution < -0.4 is 10.6 Å². The highest BCUT2D eigenvalue weighted by Crippen LogP contribution is 2.29. The van der Waals surface area contributed by atoms with Gasteiger partial charge in [-0.15, -0.1) is 0 Å². The Labute approximate surface area is 126 Å². The molecule has 0 spiro atoms. The first-order chi connectivity index (χ1) is 10.2. The first-order valence-electron chi connectivity index (χ1n) is 8.03. The monoisotopic (exact) mass is 292 g/mol. The summed E-state index contributed by atoms with van der Waals surface area (Å²) in [5, 5.41) is 7.21. The second kappa shape index (κ2) is 6.86. The molecule has 0 aromatic heterocycles. The van der Waals surface area contributed by atoms with E-state index < -0.39 is 0 Å². The average Bonchev–Trinajstić information content (AvgIpc) is 2.98. The Kier molecular flexibility index (Phi) is 4.88. The molecule has 1 aromatic rings. The van der Waals surface area contributed by atoms with Crippen molar-refractivity contribution in [2.75, 3.05) is 19.8 Å². The quantitative estimate of drug-likeness (QED) is 0.894. The van der Waals surface area contributed by atoms with E-state index in [4.69, 9.17) is 4.74 Å². The van der Waals surface area contributed by atoms with E-state index in [1.165, 1.54) is 19.3 Å². The fourth-order valence-corrected chi connectivity index (χ4v) is 3.58. The summed E-state index contributed by atoms with van der Waals surface area (Å²) in [6.45, 7) is 5.14. The largest absolute Gasteiger partial charge is 0.379 e. The van der Waals surface area contributed by atoms with Crippen LogP contribution in [0.3, 0.4) is 0 Å². The van der Waals surface area contributed by atoms with Gasteiger partial charge in [-0.25, -0.2) is 4.39 Å². The average molecular weight is 292 g/mol. The Balaban J connectivity index is 1.57. The molecule has 0 amide bonds. The van der Waals surface area contributed by atoms with Crippen LogP contribution in [0.1, 0.15) is 30.4 Å². The van der Waals surface area contributed by atoms with Gasteiger partial charge in [0.15, 0.2) is 0 Å². The van der Waals surface area contributed by atoms with Crippen molar-refractivity contribution in [1.82, 2.24) is 10.6 Å². The van der Waals surface area contributed by atoms with Gasteiger partial charge in [0.05, 0.1) is 13.2 Å². The van der Waals surface area contributed by atoms with Gasteiger partial charge < -0.3 is 15.4 Å². The number of hydrogen-bond donors (Lipinski definition) is 2. The van der Waals surface area contributed by atoms with Crippen molar-refractivity contribution in [3.8, 4) is 0 Å². The Morgan fingerprint density at radius 3 is 3.05 bits per heavy atom. The Hall–Kier alpha value is -0.970. The SMILES string of the molecule is Cc1ccc(CNC2CCCC2C2COCCN2)cc1F. The highest BCUT2D eigenvalue weighted by atomic mass is 19.1. The van der Waals surface area contributed by atoms with E-state index in [-0.39, 0.29) is 5.82 Å². The van der Waals surface area contributed by atoms with Gasteiger partial charge in [-0.1, -0.05) is 18.6 Å². The Morgan fingerprint density at radius 2 is 2.29 bits per heavy atom. The van der Waals surface area contributed by atoms with Crippen LogP contribution in [0.2, 0.25) is 0 Å². The van der Waals surface area contributed by atoms with Crippen molar-refractivity contribution in [2.45, 2.75) is 44.8 Å². The summed E-state index contributed by atoms with van der Waals surface area (Å²) in [6, 6.07) is 6.49. The molecule has 1 saturated heterocycles. The molecule has 2 N–H and O–H groups in total. The maximum atomic E-state index is 13.6. The molecule has 3 atom stereocenters. The standard InChI is InChI=1S/C17H25FN2O/c1-12-5-6-13(9-15(12)18)10-20-16-4-2-3-14(16)17-11-21-8-7-19-17/h5-6,9,14,16-17,19-20H,2-4,7-8,10-11H2,1H3. The molecule has 3 unspecified atom stereocenters. The predicted molar refractivity (Wildman–Crippen MR) is 81.7 cm³/mol. The van der Waals surface area contributed by atoms with Gasteiger partial charge in [-0.05, 0) is 42.9 Å². The van der Waals surface area contributed by atoms with Gasteiger partial charge in [0.1, 0.15) is 5.82 Å². The lowest BCUT2D eigenvalue weighted by molar-refractivity contribution is 0.0524. The molecule has 2 fully saturated rings. The highest BCUT2D eigenvalue weighted by Gasteiger charge is 2.34. The lowest BCUT2D eigenvalue weighted by Crippen LogP contribution is -2.50. The van der Waals surface area contributed by atoms with Gasteiger partial charge in [0, 0.05) is 25.2 Å². The number of aryl methyl sites for hydroxylation is 1. The third-order valence-corrected chi connectivity index (χ3v) is 4.84. The second-order valence-corrected chi connectivity index (χ2v) is 6.30. The minimum absolute atomic E-state index is 0.111. The highest BCUT2D eigenvalue weighted by molar-refractivity contribution is 5.23. The molecular weight excluding hydrogens is 267 g/mol. The van der Waals surface area contributed by atoms with E-state index in [0.29, 0.717) is 23.6 Å². The third kappa shape index (κ3) is 3.62. The molecule has 4 heteroatoms. The summed E-state index contributed by atoms with van der Waals surface area (Å²) in [6.07, 6.45) is 3.72. The van der Waals surface area contributed by atoms with E-state index in [2.05, 4.69) is 10.6 Å². The molecular formula is C17H25FN2O. The molecule has 0 radical (unpaired) electrons. The van der Waals surface area contributed by atoms with Gasteiger partial charge >= 0.3 is 0 Å². The number of rotatable bonds is 4. The molecule has 21 heavy (non-hydrogen) atoms. The second-order valence-electron chi connectivity index (χ2n) is 6.30. The van der Waals surface area contributed by atoms with Gasteiger partial charge in [-0.3, -0.25) is 0 Å². The van der Waals surface area contributed by atoms with Crippen LogP contribution in [0.5, 0.6) is 0 Å². The van der Waals surface area contributed by atoms with Crippen LogP contribution >= 0.6 is 0 Å². The summed E-state index contributed by atoms with van der Waals surface area (Å²) < 4.78 is 19.2. The number of morpholine rings is 1. The summed E-state index contributed by atoms with van der Waals surface area (Å²) in [4.78, 5) is 0. The molecule has 1 heterocycles. The molecule has 1 saturated carbocycles. The van der Waals surface area contributed by atoms with Crippen molar-refractivity contribution in [2.24, 2.45) is 5.92 Å². The van der Waals surface area contributed by atoms with Crippen LogP contribution in [0, 0.1) is 18.7 Å². The molecule has 1 aromatic carbocycles. The number of ether oxygens (including phenoxy) is 1. The van der Waals surface area contributed by atoms with Crippen molar-refractivity contribution in [3.05, 3.63) is 35.1 Å². The first kappa shape index (κ1) is 14.9. The van der Waals surface area contributed by atoms with Crippen LogP contribution in [0.25, 0.3) is 0 Å². The van der Waals surface area contributed by atoms with E-state index in [1.807, 2.05) is 12.1 Å². The van der Waals surface area contributed by atoms with Crippen molar-refractivity contribution in [1.29, 1.82) is 0 Å². The summed E-state index contributed by atoms with van der Waals surface area (Å²) >= 11 is 0. The van der Waals surface area contributed by atoms with Gasteiger partial charge in [0.25, 0.3) is 0 Å². The van der Waals surface area contributed by atoms with Crippen LogP contribution in [0.15, 0.2) is 18.2 Å². The number of halogens is 1. The van der Waals surface area contributed by atoms with E-state index in [0.717, 1.165) is 31.9 Å². The molecule has 1 aliphatic carbocycles. The minimum atomic E-state index is -0.111. The minimum Gasteiger partial charge on any atom is -0.379 e. The zero-order valence-corrected chi connectivity index (χ0v) is 12.7. The van der Waals surface area contributed by atoms with E-state index >= 15 is 0 Å². The number of hydrogen-bond acceptors (Lipinski definition) is 3. The Bertz CT molecular complexity index is 474. The van der Waals surface area contributed by atoms with Gasteiger partial charge in [-0.2, -0.15) is 0 Å². The van der Waals surface area contributed by atoms with Crippen LogP contribution in [-0.4, -0.2) is 31.8 Å². The zero-order chi connectivity index (χ0) is 14.7. The molecule has 3 rings (SSSR count). The lowest BCUT2D eigenvalue weighted by Gasteiger charge is -2.33. The number of nitrogens with one attached hydrogen (secondary N) is 2. The molecule has 1 aliphatic heterocycles. The normalized spacial score (nSPS) is 29.7. The van der Waals surface area contributed by atoms with Crippen molar-refractivity contribution >= 4 is 0 Å². The van der Waals surface area contributed by atoms with E-state index in [1.54, 1.807) is 13.0 Å². The molecule has 116 valence electrons.